The zero-order valence-electron chi connectivity index (χ0n) is 21.3. The second-order valence-electron chi connectivity index (χ2n) is 9.55. The molecule has 184 valence electrons. The first-order chi connectivity index (χ1) is 16.7. The molecule has 1 aliphatic carbocycles. The van der Waals surface area contributed by atoms with Crippen LogP contribution in [0, 0.1) is 12.8 Å². The van der Waals surface area contributed by atoms with Crippen LogP contribution < -0.4 is 9.47 Å². The molecular formula is C29H33NO5. The van der Waals surface area contributed by atoms with Crippen LogP contribution in [-0.2, 0) is 14.3 Å². The van der Waals surface area contributed by atoms with E-state index in [1.807, 2.05) is 70.2 Å². The summed E-state index contributed by atoms with van der Waals surface area (Å²) in [6.07, 6.45) is 0.743. The van der Waals surface area contributed by atoms with Crippen molar-refractivity contribution in [3.8, 4) is 11.5 Å². The quantitative estimate of drug-likeness (QED) is 0.513. The number of rotatable bonds is 6. The van der Waals surface area contributed by atoms with E-state index in [4.69, 9.17) is 19.2 Å². The van der Waals surface area contributed by atoms with Gasteiger partial charge in [-0.15, -0.1) is 0 Å². The molecule has 6 heteroatoms. The van der Waals surface area contributed by atoms with Gasteiger partial charge >= 0.3 is 5.97 Å². The standard InChI is InChI=1S/C29H33NO5/c1-16(2)35-29(32)26-18(4)30-22-13-20(19-11-12-24(33-5)25(15-19)34-6)14-23(31)28(22)27(26)21-10-8-7-9-17(21)3/h7-12,15-16,20,27-28H,13-14H2,1-6H3/t20-,27-,28?/m1/s1. The van der Waals surface area contributed by atoms with Crippen molar-refractivity contribution >= 4 is 17.5 Å². The predicted molar refractivity (Wildman–Crippen MR) is 135 cm³/mol. The van der Waals surface area contributed by atoms with Crippen LogP contribution in [-0.4, -0.2) is 37.8 Å². The summed E-state index contributed by atoms with van der Waals surface area (Å²) in [5.74, 6) is 0.0657. The Balaban J connectivity index is 1.78. The fourth-order valence-electron chi connectivity index (χ4n) is 5.33. The number of aryl methyl sites for hydroxylation is 1. The largest absolute Gasteiger partial charge is 0.493 e. The number of esters is 1. The maximum atomic E-state index is 13.8. The Labute approximate surface area is 207 Å². The van der Waals surface area contributed by atoms with Crippen molar-refractivity contribution in [2.45, 2.75) is 58.5 Å². The second kappa shape index (κ2) is 10.1. The molecule has 1 unspecified atom stereocenters. The molecule has 0 bridgehead atoms. The number of benzene rings is 2. The van der Waals surface area contributed by atoms with Crippen LogP contribution in [0.5, 0.6) is 11.5 Å². The topological polar surface area (TPSA) is 74.2 Å². The van der Waals surface area contributed by atoms with Gasteiger partial charge in [0.05, 0.1) is 31.8 Å². The first kappa shape index (κ1) is 24.7. The summed E-state index contributed by atoms with van der Waals surface area (Å²) in [6, 6.07) is 13.7. The van der Waals surface area contributed by atoms with Gasteiger partial charge < -0.3 is 14.2 Å². The smallest absolute Gasteiger partial charge is 0.336 e. The van der Waals surface area contributed by atoms with E-state index >= 15 is 0 Å². The predicted octanol–water partition coefficient (Wildman–Crippen LogP) is 5.54. The van der Waals surface area contributed by atoms with Gasteiger partial charge in [-0.25, -0.2) is 4.79 Å². The molecule has 0 saturated heterocycles. The number of ether oxygens (including phenoxy) is 3. The third kappa shape index (κ3) is 4.75. The van der Waals surface area contributed by atoms with Gasteiger partial charge in [0, 0.05) is 23.7 Å². The van der Waals surface area contributed by atoms with E-state index in [0.29, 0.717) is 35.6 Å². The number of nitrogens with zero attached hydrogens (tertiary/aromatic N) is 1. The summed E-state index contributed by atoms with van der Waals surface area (Å²) in [5.41, 5.74) is 4.95. The Morgan fingerprint density at radius 2 is 1.69 bits per heavy atom. The van der Waals surface area contributed by atoms with E-state index in [2.05, 4.69) is 0 Å². The molecule has 3 atom stereocenters. The van der Waals surface area contributed by atoms with Crippen molar-refractivity contribution in [2.24, 2.45) is 10.9 Å². The first-order valence-electron chi connectivity index (χ1n) is 12.0. The third-order valence-corrected chi connectivity index (χ3v) is 6.92. The number of hydrogen-bond acceptors (Lipinski definition) is 6. The van der Waals surface area contributed by atoms with Crippen molar-refractivity contribution in [1.82, 2.24) is 0 Å². The lowest BCUT2D eigenvalue weighted by Crippen LogP contribution is -2.41. The minimum atomic E-state index is -0.481. The number of allylic oxidation sites excluding steroid dienone is 1. The number of methoxy groups -OCH3 is 2. The molecule has 2 aliphatic rings. The highest BCUT2D eigenvalue weighted by Crippen LogP contribution is 2.47. The van der Waals surface area contributed by atoms with E-state index in [-0.39, 0.29) is 17.8 Å². The minimum Gasteiger partial charge on any atom is -0.493 e. The number of Topliss-reactive ketones (excluding diaryl/α,β-unsaturated/α-hetero) is 1. The van der Waals surface area contributed by atoms with Gasteiger partial charge in [0.1, 0.15) is 5.78 Å². The van der Waals surface area contributed by atoms with Crippen molar-refractivity contribution in [3.63, 3.8) is 0 Å². The van der Waals surface area contributed by atoms with E-state index < -0.39 is 17.8 Å². The number of fused-ring (bicyclic) bond motifs is 1. The van der Waals surface area contributed by atoms with Gasteiger partial charge in [0.25, 0.3) is 0 Å². The van der Waals surface area contributed by atoms with Gasteiger partial charge in [-0.1, -0.05) is 30.3 Å². The number of hydrogen-bond donors (Lipinski definition) is 0. The van der Waals surface area contributed by atoms with E-state index in [1.165, 1.54) is 0 Å². The van der Waals surface area contributed by atoms with Crippen LogP contribution in [0.25, 0.3) is 0 Å². The van der Waals surface area contributed by atoms with E-state index in [9.17, 15) is 9.59 Å². The fraction of sp³-hybridized carbons (Fsp3) is 0.414. The van der Waals surface area contributed by atoms with Gasteiger partial charge in [-0.3, -0.25) is 9.79 Å². The Bertz CT molecular complexity index is 1210. The third-order valence-electron chi connectivity index (χ3n) is 6.92. The molecule has 0 radical (unpaired) electrons. The van der Waals surface area contributed by atoms with Crippen LogP contribution in [0.1, 0.15) is 62.1 Å². The van der Waals surface area contributed by atoms with Crippen LogP contribution in [0.2, 0.25) is 0 Å². The highest BCUT2D eigenvalue weighted by molar-refractivity contribution is 6.12. The lowest BCUT2D eigenvalue weighted by molar-refractivity contribution is -0.143. The highest BCUT2D eigenvalue weighted by atomic mass is 16.5. The van der Waals surface area contributed by atoms with E-state index in [0.717, 1.165) is 22.4 Å². The molecule has 1 aliphatic heterocycles. The maximum absolute atomic E-state index is 13.8. The zero-order valence-corrected chi connectivity index (χ0v) is 21.3. The summed E-state index contributed by atoms with van der Waals surface area (Å²) in [5, 5.41) is 0. The zero-order chi connectivity index (χ0) is 25.3. The molecule has 1 saturated carbocycles. The fourth-order valence-corrected chi connectivity index (χ4v) is 5.33. The van der Waals surface area contributed by atoms with Gasteiger partial charge in [-0.2, -0.15) is 0 Å². The molecule has 0 amide bonds. The lowest BCUT2D eigenvalue weighted by atomic mass is 9.65. The number of ketones is 1. The highest BCUT2D eigenvalue weighted by Gasteiger charge is 2.46. The van der Waals surface area contributed by atoms with Crippen molar-refractivity contribution < 1.29 is 23.8 Å². The summed E-state index contributed by atoms with van der Waals surface area (Å²) >= 11 is 0. The van der Waals surface area contributed by atoms with Crippen LogP contribution in [0.4, 0.5) is 0 Å². The summed E-state index contributed by atoms with van der Waals surface area (Å²) in [6.45, 7) is 7.51. The van der Waals surface area contributed by atoms with Crippen LogP contribution in [0.3, 0.4) is 0 Å². The molecule has 35 heavy (non-hydrogen) atoms. The molecular weight excluding hydrogens is 442 g/mol. The van der Waals surface area contributed by atoms with Crippen LogP contribution >= 0.6 is 0 Å². The van der Waals surface area contributed by atoms with Crippen molar-refractivity contribution in [3.05, 3.63) is 70.4 Å². The van der Waals surface area contributed by atoms with Gasteiger partial charge in [0.15, 0.2) is 11.5 Å². The average Bonchev–Trinajstić information content (AvgIpc) is 2.82. The minimum absolute atomic E-state index is 0.0215. The van der Waals surface area contributed by atoms with Crippen molar-refractivity contribution in [2.75, 3.05) is 14.2 Å². The molecule has 6 nitrogen and oxygen atoms in total. The molecule has 2 aromatic rings. The monoisotopic (exact) mass is 475 g/mol. The van der Waals surface area contributed by atoms with Crippen molar-refractivity contribution in [1.29, 1.82) is 0 Å². The normalized spacial score (nSPS) is 22.0. The molecule has 4 rings (SSSR count). The number of aliphatic imine (C=N–C) groups is 1. The molecule has 0 spiro atoms. The molecule has 2 aromatic carbocycles. The van der Waals surface area contributed by atoms with Gasteiger partial charge in [-0.05, 0) is 68.9 Å². The molecule has 1 fully saturated rings. The Kier molecular flexibility index (Phi) is 7.10. The lowest BCUT2D eigenvalue weighted by Gasteiger charge is -2.39. The Hall–Kier alpha value is -3.41. The summed E-state index contributed by atoms with van der Waals surface area (Å²) < 4.78 is 16.5. The second-order valence-corrected chi connectivity index (χ2v) is 9.55. The van der Waals surface area contributed by atoms with Crippen LogP contribution in [0.15, 0.2) is 58.7 Å². The average molecular weight is 476 g/mol. The van der Waals surface area contributed by atoms with E-state index in [1.54, 1.807) is 14.2 Å². The SMILES string of the molecule is COc1ccc([C@H]2CC(=O)C3C(=NC(C)=C(C(=O)OC(C)C)[C@H]3c3ccccc3C)C2)cc1OC. The Morgan fingerprint density at radius 3 is 2.34 bits per heavy atom. The first-order valence-corrected chi connectivity index (χ1v) is 12.0. The van der Waals surface area contributed by atoms with Gasteiger partial charge in [0.2, 0.25) is 0 Å². The molecule has 0 aromatic heterocycles. The molecule has 1 heterocycles. The maximum Gasteiger partial charge on any atom is 0.336 e. The number of carbonyl (C=O) groups excluding carboxylic acids is 2. The molecule has 0 N–H and O–H groups in total. The number of carbonyl (C=O) groups is 2. The summed E-state index contributed by atoms with van der Waals surface area (Å²) in [4.78, 5) is 31.8. The Morgan fingerprint density at radius 1 is 0.971 bits per heavy atom. The summed E-state index contributed by atoms with van der Waals surface area (Å²) in [7, 11) is 3.21.